The van der Waals surface area contributed by atoms with E-state index in [0.717, 1.165) is 55.1 Å². The van der Waals surface area contributed by atoms with Crippen molar-refractivity contribution in [2.45, 2.75) is 44.9 Å². The fourth-order valence-electron chi connectivity index (χ4n) is 5.16. The number of rotatable bonds is 8. The average molecular weight is 486 g/mol. The summed E-state index contributed by atoms with van der Waals surface area (Å²) >= 11 is 0. The Kier molecular flexibility index (Phi) is 7.76. The molecule has 0 saturated carbocycles. The molecule has 2 N–H and O–H groups in total. The Morgan fingerprint density at radius 1 is 0.944 bits per heavy atom. The molecule has 7 nitrogen and oxygen atoms in total. The van der Waals surface area contributed by atoms with Gasteiger partial charge in [0.25, 0.3) is 11.5 Å². The van der Waals surface area contributed by atoms with Crippen molar-refractivity contribution < 1.29 is 4.79 Å². The highest BCUT2D eigenvalue weighted by atomic mass is 16.2. The van der Waals surface area contributed by atoms with Crippen LogP contribution in [-0.2, 0) is 6.42 Å². The first-order valence-electron chi connectivity index (χ1n) is 13.2. The minimum Gasteiger partial charge on any atom is -0.372 e. The number of carbonyl (C=O) groups is 1. The van der Waals surface area contributed by atoms with Gasteiger partial charge in [-0.1, -0.05) is 6.07 Å². The second-order valence-electron chi connectivity index (χ2n) is 9.85. The van der Waals surface area contributed by atoms with Crippen LogP contribution < -0.4 is 15.8 Å². The zero-order valence-corrected chi connectivity index (χ0v) is 20.8. The summed E-state index contributed by atoms with van der Waals surface area (Å²) in [5.41, 5.74) is 4.14. The standard InChI is InChI=1S/C29H35N5O2/c35-28(22-11-13-25(14-12-22)34-18-2-1-3-19-34)32-27-20-23(21-30-29(27)36)26-10-6-8-24(31-26)9-7-17-33-15-4-5-16-33/h6,8,10-14,20-21H,1-5,7,9,15-19H2,(H,30,36)(H,32,35). The topological polar surface area (TPSA) is 81.3 Å². The summed E-state index contributed by atoms with van der Waals surface area (Å²) in [5, 5.41) is 2.79. The molecule has 188 valence electrons. The second-order valence-corrected chi connectivity index (χ2v) is 9.85. The van der Waals surface area contributed by atoms with Crippen molar-refractivity contribution in [1.82, 2.24) is 14.9 Å². The minimum atomic E-state index is -0.334. The number of hydrogen-bond donors (Lipinski definition) is 2. The molecular weight excluding hydrogens is 450 g/mol. The van der Waals surface area contributed by atoms with E-state index in [0.29, 0.717) is 5.56 Å². The van der Waals surface area contributed by atoms with Gasteiger partial charge in [0, 0.05) is 41.8 Å². The van der Waals surface area contributed by atoms with E-state index < -0.39 is 0 Å². The van der Waals surface area contributed by atoms with Crippen molar-refractivity contribution in [3.8, 4) is 11.3 Å². The Morgan fingerprint density at radius 2 is 1.69 bits per heavy atom. The number of amides is 1. The van der Waals surface area contributed by atoms with Gasteiger partial charge in [0.05, 0.1) is 5.69 Å². The SMILES string of the molecule is O=C(Nc1cc(-c2cccc(CCCN3CCCC3)n2)c[nH]c1=O)c1ccc(N2CCCCC2)cc1. The van der Waals surface area contributed by atoms with Crippen LogP contribution in [0.25, 0.3) is 11.3 Å². The van der Waals surface area contributed by atoms with Crippen molar-refractivity contribution in [3.05, 3.63) is 76.3 Å². The zero-order chi connectivity index (χ0) is 24.7. The number of aryl methyl sites for hydroxylation is 1. The Balaban J connectivity index is 1.24. The Bertz CT molecular complexity index is 1220. The predicted octanol–water partition coefficient (Wildman–Crippen LogP) is 4.71. The van der Waals surface area contributed by atoms with Crippen LogP contribution in [0.15, 0.2) is 59.5 Å². The number of H-pyrrole nitrogens is 1. The van der Waals surface area contributed by atoms with Crippen molar-refractivity contribution in [2.75, 3.05) is 42.9 Å². The van der Waals surface area contributed by atoms with Crippen LogP contribution in [0.4, 0.5) is 11.4 Å². The number of likely N-dealkylation sites (tertiary alicyclic amines) is 1. The van der Waals surface area contributed by atoms with Crippen LogP contribution in [0.5, 0.6) is 0 Å². The molecule has 2 aromatic heterocycles. The quantitative estimate of drug-likeness (QED) is 0.483. The van der Waals surface area contributed by atoms with Crippen LogP contribution in [-0.4, -0.2) is 53.5 Å². The number of anilines is 2. The summed E-state index contributed by atoms with van der Waals surface area (Å²) in [4.78, 5) is 37.8. The maximum absolute atomic E-state index is 12.9. The first-order valence-corrected chi connectivity index (χ1v) is 13.2. The normalized spacial score (nSPS) is 16.3. The molecule has 2 aliphatic heterocycles. The summed E-state index contributed by atoms with van der Waals surface area (Å²) in [6, 6.07) is 15.3. The van der Waals surface area contributed by atoms with Gasteiger partial charge < -0.3 is 20.1 Å². The molecular formula is C29H35N5O2. The smallest absolute Gasteiger partial charge is 0.271 e. The van der Waals surface area contributed by atoms with Crippen LogP contribution in [0, 0.1) is 0 Å². The molecule has 2 saturated heterocycles. The lowest BCUT2D eigenvalue weighted by atomic mass is 10.1. The highest BCUT2D eigenvalue weighted by Gasteiger charge is 2.14. The van der Waals surface area contributed by atoms with Gasteiger partial charge in [-0.2, -0.15) is 0 Å². The van der Waals surface area contributed by atoms with Crippen molar-refractivity contribution in [1.29, 1.82) is 0 Å². The Morgan fingerprint density at radius 3 is 2.47 bits per heavy atom. The van der Waals surface area contributed by atoms with Gasteiger partial charge in [0.1, 0.15) is 5.69 Å². The summed E-state index contributed by atoms with van der Waals surface area (Å²) in [7, 11) is 0. The Hall–Kier alpha value is -3.45. The summed E-state index contributed by atoms with van der Waals surface area (Å²) in [6.07, 6.45) is 9.97. The molecule has 0 bridgehead atoms. The molecule has 1 aromatic carbocycles. The third-order valence-corrected chi connectivity index (χ3v) is 7.21. The van der Waals surface area contributed by atoms with Gasteiger partial charge in [-0.25, -0.2) is 0 Å². The van der Waals surface area contributed by atoms with Gasteiger partial charge in [0.2, 0.25) is 0 Å². The molecule has 36 heavy (non-hydrogen) atoms. The van der Waals surface area contributed by atoms with Gasteiger partial charge in [-0.05, 0) is 107 Å². The Labute approximate surface area is 212 Å². The molecule has 2 fully saturated rings. The summed E-state index contributed by atoms with van der Waals surface area (Å²) in [6.45, 7) is 5.65. The molecule has 2 aliphatic rings. The highest BCUT2D eigenvalue weighted by molar-refractivity contribution is 6.04. The lowest BCUT2D eigenvalue weighted by molar-refractivity contribution is 0.102. The van der Waals surface area contributed by atoms with E-state index in [1.165, 1.54) is 45.2 Å². The van der Waals surface area contributed by atoms with Gasteiger partial charge >= 0.3 is 0 Å². The summed E-state index contributed by atoms with van der Waals surface area (Å²) in [5.74, 6) is -0.300. The number of nitrogens with one attached hydrogen (secondary N) is 2. The van der Waals surface area contributed by atoms with Crippen molar-refractivity contribution in [3.63, 3.8) is 0 Å². The lowest BCUT2D eigenvalue weighted by Gasteiger charge is -2.28. The number of piperidine rings is 1. The van der Waals surface area contributed by atoms with E-state index in [9.17, 15) is 9.59 Å². The first kappa shape index (κ1) is 24.3. The number of carbonyl (C=O) groups excluding carboxylic acids is 1. The number of aromatic nitrogens is 2. The number of hydrogen-bond acceptors (Lipinski definition) is 5. The lowest BCUT2D eigenvalue weighted by Crippen LogP contribution is -2.29. The van der Waals surface area contributed by atoms with Gasteiger partial charge in [-0.3, -0.25) is 14.6 Å². The van der Waals surface area contributed by atoms with Crippen LogP contribution >= 0.6 is 0 Å². The molecule has 3 aromatic rings. The molecule has 4 heterocycles. The maximum Gasteiger partial charge on any atom is 0.271 e. The van der Waals surface area contributed by atoms with E-state index in [-0.39, 0.29) is 17.2 Å². The summed E-state index contributed by atoms with van der Waals surface area (Å²) < 4.78 is 0. The predicted molar refractivity (Wildman–Crippen MR) is 145 cm³/mol. The molecule has 1 amide bonds. The van der Waals surface area contributed by atoms with Crippen molar-refractivity contribution in [2.24, 2.45) is 0 Å². The minimum absolute atomic E-state index is 0.221. The highest BCUT2D eigenvalue weighted by Crippen LogP contribution is 2.22. The molecule has 0 aliphatic carbocycles. The molecule has 0 radical (unpaired) electrons. The molecule has 0 atom stereocenters. The van der Waals surface area contributed by atoms with Crippen LogP contribution in [0.1, 0.15) is 54.6 Å². The van der Waals surface area contributed by atoms with Gasteiger partial charge in [0.15, 0.2) is 0 Å². The van der Waals surface area contributed by atoms with Gasteiger partial charge in [-0.15, -0.1) is 0 Å². The average Bonchev–Trinajstić information content (AvgIpc) is 3.44. The molecule has 0 spiro atoms. The number of nitrogens with zero attached hydrogens (tertiary/aromatic N) is 3. The zero-order valence-electron chi connectivity index (χ0n) is 20.8. The third kappa shape index (κ3) is 6.02. The van der Waals surface area contributed by atoms with E-state index in [2.05, 4.69) is 26.2 Å². The monoisotopic (exact) mass is 485 g/mol. The van der Waals surface area contributed by atoms with Crippen LogP contribution in [0.3, 0.4) is 0 Å². The number of benzene rings is 1. The van der Waals surface area contributed by atoms with E-state index in [1.807, 2.05) is 36.4 Å². The second kappa shape index (κ2) is 11.5. The van der Waals surface area contributed by atoms with E-state index in [1.54, 1.807) is 12.3 Å². The van der Waals surface area contributed by atoms with Crippen LogP contribution in [0.2, 0.25) is 0 Å². The van der Waals surface area contributed by atoms with E-state index in [4.69, 9.17) is 4.98 Å². The fourth-order valence-corrected chi connectivity index (χ4v) is 5.16. The molecule has 7 heteroatoms. The molecule has 0 unspecified atom stereocenters. The number of pyridine rings is 2. The largest absolute Gasteiger partial charge is 0.372 e. The maximum atomic E-state index is 12.9. The molecule has 5 rings (SSSR count). The van der Waals surface area contributed by atoms with Crippen molar-refractivity contribution >= 4 is 17.3 Å². The third-order valence-electron chi connectivity index (χ3n) is 7.21. The van der Waals surface area contributed by atoms with E-state index >= 15 is 0 Å². The number of aromatic amines is 1. The first-order chi connectivity index (χ1) is 17.7. The fraction of sp³-hybridized carbons (Fsp3) is 0.414.